The van der Waals surface area contributed by atoms with E-state index in [1.807, 2.05) is 4.57 Å². The number of imidazole rings is 1. The predicted octanol–water partition coefficient (Wildman–Crippen LogP) is 4.85. The molecule has 2 N–H and O–H groups in total. The molecule has 38 heavy (non-hydrogen) atoms. The molecule has 1 saturated heterocycles. The summed E-state index contributed by atoms with van der Waals surface area (Å²) >= 11 is 0. The maximum atomic E-state index is 15.4. The summed E-state index contributed by atoms with van der Waals surface area (Å²) in [6.07, 6.45) is 8.51. The van der Waals surface area contributed by atoms with Crippen LogP contribution in [0.2, 0.25) is 0 Å². The average molecular weight is 518 g/mol. The van der Waals surface area contributed by atoms with Crippen molar-refractivity contribution in [1.29, 1.82) is 0 Å². The van der Waals surface area contributed by atoms with Crippen LogP contribution in [-0.2, 0) is 4.74 Å². The summed E-state index contributed by atoms with van der Waals surface area (Å²) in [5.74, 6) is -2.64. The quantitative estimate of drug-likeness (QED) is 0.324. The van der Waals surface area contributed by atoms with E-state index in [0.717, 1.165) is 31.4 Å². The molecule has 5 aromatic rings. The van der Waals surface area contributed by atoms with Gasteiger partial charge in [-0.15, -0.1) is 0 Å². The van der Waals surface area contributed by atoms with E-state index in [4.69, 9.17) is 9.26 Å². The largest absolute Gasteiger partial charge is 0.358 e. The molecule has 1 aliphatic rings. The third-order valence-corrected chi connectivity index (χ3v) is 6.13. The van der Waals surface area contributed by atoms with Gasteiger partial charge in [0.15, 0.2) is 11.5 Å². The van der Waals surface area contributed by atoms with Crippen molar-refractivity contribution < 1.29 is 22.8 Å². The summed E-state index contributed by atoms with van der Waals surface area (Å²) < 4.78 is 42.7. The number of aromatic nitrogens is 6. The Morgan fingerprint density at radius 1 is 1.05 bits per heavy atom. The minimum absolute atomic E-state index is 0.124. The molecule has 0 radical (unpaired) electrons. The smallest absolute Gasteiger partial charge is 0.294 e. The summed E-state index contributed by atoms with van der Waals surface area (Å²) in [5, 5.41) is 8.52. The van der Waals surface area contributed by atoms with Crippen molar-refractivity contribution in [2.75, 3.05) is 17.2 Å². The number of carbonyl (C=O) groups is 1. The number of anilines is 3. The van der Waals surface area contributed by atoms with Crippen molar-refractivity contribution in [3.63, 3.8) is 0 Å². The summed E-state index contributed by atoms with van der Waals surface area (Å²) in [5.41, 5.74) is 1.17. The van der Waals surface area contributed by atoms with Crippen LogP contribution in [0.5, 0.6) is 0 Å². The Balaban J connectivity index is 1.36. The van der Waals surface area contributed by atoms with Gasteiger partial charge in [-0.3, -0.25) is 9.36 Å². The molecular weight excluding hydrogens is 498 g/mol. The van der Waals surface area contributed by atoms with E-state index in [1.54, 1.807) is 18.5 Å². The van der Waals surface area contributed by atoms with Gasteiger partial charge in [-0.05, 0) is 43.5 Å². The van der Waals surface area contributed by atoms with Crippen LogP contribution in [0.15, 0.2) is 59.9 Å². The summed E-state index contributed by atoms with van der Waals surface area (Å²) in [4.78, 5) is 29.9. The topological polar surface area (TPSA) is 133 Å². The van der Waals surface area contributed by atoms with E-state index in [1.165, 1.54) is 24.8 Å². The third kappa shape index (κ3) is 4.32. The second kappa shape index (κ2) is 9.94. The number of benzene rings is 1. The normalized spacial score (nSPS) is 15.5. The van der Waals surface area contributed by atoms with Gasteiger partial charge in [0.25, 0.3) is 5.91 Å². The van der Waals surface area contributed by atoms with Gasteiger partial charge < -0.3 is 19.9 Å². The molecule has 5 heterocycles. The van der Waals surface area contributed by atoms with Gasteiger partial charge in [0.2, 0.25) is 5.76 Å². The molecule has 13 heteroatoms. The van der Waals surface area contributed by atoms with Crippen molar-refractivity contribution in [1.82, 2.24) is 29.7 Å². The molecule has 0 saturated carbocycles. The summed E-state index contributed by atoms with van der Waals surface area (Å²) in [6, 6.07) is 6.84. The Morgan fingerprint density at radius 3 is 2.79 bits per heavy atom. The minimum Gasteiger partial charge on any atom is -0.358 e. The highest BCUT2D eigenvalue weighted by Crippen LogP contribution is 2.35. The number of fused-ring (bicyclic) bond motifs is 1. The molecule has 1 amide bonds. The fourth-order valence-corrected chi connectivity index (χ4v) is 4.30. The Labute approximate surface area is 213 Å². The fourth-order valence-electron chi connectivity index (χ4n) is 4.30. The fraction of sp³-hybridized carbons (Fsp3) is 0.200. The molecule has 192 valence electrons. The van der Waals surface area contributed by atoms with Crippen LogP contribution in [0.1, 0.15) is 36.0 Å². The zero-order valence-electron chi connectivity index (χ0n) is 19.8. The van der Waals surface area contributed by atoms with Crippen molar-refractivity contribution >= 4 is 34.3 Å². The van der Waals surface area contributed by atoms with Gasteiger partial charge in [-0.25, -0.2) is 28.7 Å². The molecule has 0 bridgehead atoms. The number of halogens is 2. The van der Waals surface area contributed by atoms with E-state index in [0.29, 0.717) is 29.0 Å². The van der Waals surface area contributed by atoms with Crippen LogP contribution in [0.4, 0.5) is 26.0 Å². The number of ether oxygens (including phenoxy) is 1. The van der Waals surface area contributed by atoms with E-state index in [-0.39, 0.29) is 23.5 Å². The number of hydrogen-bond donors (Lipinski definition) is 2. The zero-order valence-corrected chi connectivity index (χ0v) is 19.8. The molecular formula is C25H20F2N8O3. The SMILES string of the molecule is O=C(Nc1ccc(F)c(Nc2ncccc2-c2ncnc3c2ncn3C2CCCCO2)c1F)c1ccno1. The van der Waals surface area contributed by atoms with Crippen molar-refractivity contribution in [2.45, 2.75) is 25.5 Å². The highest BCUT2D eigenvalue weighted by molar-refractivity contribution is 6.02. The number of carbonyl (C=O) groups excluding carboxylic acids is 1. The monoisotopic (exact) mass is 518 g/mol. The lowest BCUT2D eigenvalue weighted by Gasteiger charge is -2.23. The highest BCUT2D eigenvalue weighted by Gasteiger charge is 2.23. The Morgan fingerprint density at radius 2 is 1.97 bits per heavy atom. The molecule has 0 spiro atoms. The van der Waals surface area contributed by atoms with Gasteiger partial charge >= 0.3 is 0 Å². The first-order valence-electron chi connectivity index (χ1n) is 11.8. The molecule has 1 fully saturated rings. The first-order valence-corrected chi connectivity index (χ1v) is 11.8. The lowest BCUT2D eigenvalue weighted by atomic mass is 10.1. The molecule has 11 nitrogen and oxygen atoms in total. The number of nitrogens with one attached hydrogen (secondary N) is 2. The van der Waals surface area contributed by atoms with E-state index < -0.39 is 23.2 Å². The van der Waals surface area contributed by atoms with Crippen LogP contribution in [0, 0.1) is 11.6 Å². The minimum atomic E-state index is -1.03. The number of pyridine rings is 1. The first-order chi connectivity index (χ1) is 18.6. The van der Waals surface area contributed by atoms with Crippen LogP contribution in [0.25, 0.3) is 22.4 Å². The number of nitrogens with zero attached hydrogens (tertiary/aromatic N) is 6. The zero-order chi connectivity index (χ0) is 26.1. The maximum Gasteiger partial charge on any atom is 0.294 e. The van der Waals surface area contributed by atoms with Gasteiger partial charge in [0, 0.05) is 24.4 Å². The van der Waals surface area contributed by atoms with Crippen LogP contribution in [-0.4, -0.2) is 42.2 Å². The Kier molecular flexibility index (Phi) is 6.17. The van der Waals surface area contributed by atoms with E-state index in [9.17, 15) is 9.18 Å². The molecule has 1 atom stereocenters. The second-order valence-corrected chi connectivity index (χ2v) is 8.51. The van der Waals surface area contributed by atoms with Crippen LogP contribution < -0.4 is 10.6 Å². The molecule has 4 aromatic heterocycles. The molecule has 6 rings (SSSR count). The third-order valence-electron chi connectivity index (χ3n) is 6.13. The predicted molar refractivity (Wildman–Crippen MR) is 131 cm³/mol. The average Bonchev–Trinajstić information content (AvgIpc) is 3.64. The Bertz CT molecular complexity index is 1620. The van der Waals surface area contributed by atoms with Crippen LogP contribution >= 0.6 is 0 Å². The van der Waals surface area contributed by atoms with Crippen molar-refractivity contribution in [3.8, 4) is 11.3 Å². The Hall–Kier alpha value is -4.78. The number of rotatable bonds is 6. The molecule has 0 aliphatic carbocycles. The second-order valence-electron chi connectivity index (χ2n) is 8.51. The number of hydrogen-bond acceptors (Lipinski definition) is 9. The van der Waals surface area contributed by atoms with E-state index in [2.05, 4.69) is 35.7 Å². The van der Waals surface area contributed by atoms with Crippen molar-refractivity contribution in [2.24, 2.45) is 0 Å². The molecule has 1 aliphatic heterocycles. The van der Waals surface area contributed by atoms with Gasteiger partial charge in [0.05, 0.1) is 18.2 Å². The first kappa shape index (κ1) is 23.6. The van der Waals surface area contributed by atoms with Crippen molar-refractivity contribution in [3.05, 3.63) is 72.8 Å². The molecule has 1 unspecified atom stereocenters. The summed E-state index contributed by atoms with van der Waals surface area (Å²) in [6.45, 7) is 0.661. The van der Waals surface area contributed by atoms with Crippen LogP contribution in [0.3, 0.4) is 0 Å². The lowest BCUT2D eigenvalue weighted by molar-refractivity contribution is -0.0298. The standard InChI is InChI=1S/C25H20F2N8O3/c26-15-6-7-16(33-25(36)17-8-10-32-38-17)19(27)21(15)34-23-14(4-3-9-28-23)20-22-24(30-12-29-20)35(13-31-22)18-5-1-2-11-37-18/h3-4,6-10,12-13,18H,1-2,5,11H2,(H,28,34)(H,33,36). The maximum absolute atomic E-state index is 15.4. The highest BCUT2D eigenvalue weighted by atomic mass is 19.1. The molecule has 1 aromatic carbocycles. The summed E-state index contributed by atoms with van der Waals surface area (Å²) in [7, 11) is 0. The van der Waals surface area contributed by atoms with E-state index >= 15 is 4.39 Å². The van der Waals surface area contributed by atoms with Gasteiger partial charge in [0.1, 0.15) is 41.1 Å². The van der Waals surface area contributed by atoms with Gasteiger partial charge in [-0.1, -0.05) is 5.16 Å². The van der Waals surface area contributed by atoms with Gasteiger partial charge in [-0.2, -0.15) is 0 Å². The number of amides is 1. The lowest BCUT2D eigenvalue weighted by Crippen LogP contribution is -2.17.